The third-order valence-electron chi connectivity index (χ3n) is 5.67. The molecule has 0 bridgehead atoms. The van der Waals surface area contributed by atoms with Crippen LogP contribution in [0.4, 0.5) is 0 Å². The number of β-amino-alcohol motifs (C(OH)–C–C–N with tert-alkyl or cyclic N) is 1. The molecule has 1 fully saturated rings. The number of amides is 1. The minimum atomic E-state index is -0.636. The number of aliphatic hydroxyl groups excluding tert-OH is 1. The molecule has 1 atom stereocenters. The lowest BCUT2D eigenvalue weighted by Gasteiger charge is -2.31. The maximum atomic E-state index is 12.5. The minimum absolute atomic E-state index is 0.0637. The Labute approximate surface area is 175 Å². The van der Waals surface area contributed by atoms with Crippen molar-refractivity contribution in [2.75, 3.05) is 26.2 Å². The Hall–Kier alpha value is -2.10. The molecular formula is C23H36N4O2. The molecule has 1 amide bonds. The van der Waals surface area contributed by atoms with Crippen molar-refractivity contribution in [1.82, 2.24) is 14.8 Å². The molecular weight excluding hydrogens is 364 g/mol. The number of hydrogen-bond acceptors (Lipinski definition) is 4. The maximum absolute atomic E-state index is 12.5. The van der Waals surface area contributed by atoms with Crippen molar-refractivity contribution < 1.29 is 9.90 Å². The van der Waals surface area contributed by atoms with Crippen LogP contribution >= 0.6 is 0 Å². The molecule has 160 valence electrons. The van der Waals surface area contributed by atoms with Crippen LogP contribution in [0.25, 0.3) is 6.08 Å². The second kappa shape index (κ2) is 10.6. The van der Waals surface area contributed by atoms with Gasteiger partial charge in [-0.2, -0.15) is 5.26 Å². The zero-order chi connectivity index (χ0) is 21.6. The van der Waals surface area contributed by atoms with Gasteiger partial charge in [-0.3, -0.25) is 4.79 Å². The summed E-state index contributed by atoms with van der Waals surface area (Å²) in [5.41, 5.74) is 3.12. The van der Waals surface area contributed by atoms with Gasteiger partial charge in [-0.1, -0.05) is 20.8 Å². The van der Waals surface area contributed by atoms with E-state index < -0.39 is 12.0 Å². The SMILES string of the molecule is Cc1cc(/C=C(/C#N)C(=O)NCC(O)CN2CCC(C)CC2)c(C)n1CC(C)C. The molecule has 2 heterocycles. The summed E-state index contributed by atoms with van der Waals surface area (Å²) >= 11 is 0. The van der Waals surface area contributed by atoms with Crippen molar-refractivity contribution in [3.05, 3.63) is 28.6 Å². The summed E-state index contributed by atoms with van der Waals surface area (Å²) in [7, 11) is 0. The quantitative estimate of drug-likeness (QED) is 0.519. The Balaban J connectivity index is 1.95. The van der Waals surface area contributed by atoms with Crippen LogP contribution in [0.5, 0.6) is 0 Å². The first kappa shape index (κ1) is 23.2. The molecule has 1 saturated heterocycles. The highest BCUT2D eigenvalue weighted by molar-refractivity contribution is 6.01. The van der Waals surface area contributed by atoms with Gasteiger partial charge in [0.1, 0.15) is 11.6 Å². The molecule has 1 aromatic rings. The number of aryl methyl sites for hydroxylation is 1. The molecule has 1 aromatic heterocycles. The Morgan fingerprint density at radius 1 is 1.34 bits per heavy atom. The van der Waals surface area contributed by atoms with E-state index in [0.717, 1.165) is 55.3 Å². The van der Waals surface area contributed by atoms with E-state index in [9.17, 15) is 15.2 Å². The lowest BCUT2D eigenvalue weighted by Crippen LogP contribution is -2.43. The van der Waals surface area contributed by atoms with E-state index >= 15 is 0 Å². The Morgan fingerprint density at radius 3 is 2.59 bits per heavy atom. The van der Waals surface area contributed by atoms with Crippen LogP contribution in [-0.4, -0.2) is 52.8 Å². The van der Waals surface area contributed by atoms with Crippen molar-refractivity contribution in [1.29, 1.82) is 5.26 Å². The van der Waals surface area contributed by atoms with Crippen LogP contribution in [0, 0.1) is 37.0 Å². The van der Waals surface area contributed by atoms with E-state index in [1.165, 1.54) is 0 Å². The summed E-state index contributed by atoms with van der Waals surface area (Å²) in [6.07, 6.45) is 3.31. The first-order valence-electron chi connectivity index (χ1n) is 10.7. The average Bonchev–Trinajstić information content (AvgIpc) is 2.93. The van der Waals surface area contributed by atoms with Gasteiger partial charge < -0.3 is 19.9 Å². The smallest absolute Gasteiger partial charge is 0.262 e. The zero-order valence-electron chi connectivity index (χ0n) is 18.5. The van der Waals surface area contributed by atoms with E-state index in [2.05, 4.69) is 35.6 Å². The molecule has 6 nitrogen and oxygen atoms in total. The average molecular weight is 401 g/mol. The fourth-order valence-electron chi connectivity index (χ4n) is 3.84. The van der Waals surface area contributed by atoms with Gasteiger partial charge >= 0.3 is 0 Å². The molecule has 0 aromatic carbocycles. The van der Waals surface area contributed by atoms with Gasteiger partial charge in [0.25, 0.3) is 5.91 Å². The fourth-order valence-corrected chi connectivity index (χ4v) is 3.84. The fraction of sp³-hybridized carbons (Fsp3) is 0.652. The molecule has 0 radical (unpaired) electrons. The van der Waals surface area contributed by atoms with Gasteiger partial charge in [-0.15, -0.1) is 0 Å². The van der Waals surface area contributed by atoms with Gasteiger partial charge in [0, 0.05) is 31.0 Å². The number of rotatable bonds is 8. The number of nitriles is 1. The normalized spacial score (nSPS) is 17.4. The van der Waals surface area contributed by atoms with E-state index in [0.29, 0.717) is 12.5 Å². The number of aliphatic hydroxyl groups is 1. The molecule has 29 heavy (non-hydrogen) atoms. The lowest BCUT2D eigenvalue weighted by atomic mass is 9.99. The van der Waals surface area contributed by atoms with Gasteiger partial charge in [0.2, 0.25) is 0 Å². The standard InChI is InChI=1S/C23H36N4O2/c1-16(2)14-27-18(4)10-20(19(27)5)11-21(12-24)23(29)25-13-22(28)15-26-8-6-17(3)7-9-26/h10-11,16-17,22,28H,6-9,13-15H2,1-5H3,(H,25,29)/b21-11-. The van der Waals surface area contributed by atoms with Crippen LogP contribution in [0.3, 0.4) is 0 Å². The summed E-state index contributed by atoms with van der Waals surface area (Å²) in [4.78, 5) is 14.7. The van der Waals surface area contributed by atoms with E-state index in [-0.39, 0.29) is 12.1 Å². The van der Waals surface area contributed by atoms with E-state index in [4.69, 9.17) is 0 Å². The van der Waals surface area contributed by atoms with Gasteiger partial charge in [0.05, 0.1) is 6.10 Å². The number of carbonyl (C=O) groups excluding carboxylic acids is 1. The van der Waals surface area contributed by atoms with E-state index in [1.807, 2.05) is 26.0 Å². The molecule has 1 aliphatic rings. The predicted octanol–water partition coefficient (Wildman–Crippen LogP) is 2.88. The van der Waals surface area contributed by atoms with Gasteiger partial charge in [-0.05, 0) is 69.3 Å². The summed E-state index contributed by atoms with van der Waals surface area (Å²) < 4.78 is 2.21. The van der Waals surface area contributed by atoms with Crippen LogP contribution in [-0.2, 0) is 11.3 Å². The number of carbonyl (C=O) groups is 1. The number of likely N-dealkylation sites (tertiary alicyclic amines) is 1. The second-order valence-electron chi connectivity index (χ2n) is 8.85. The first-order chi connectivity index (χ1) is 13.7. The molecule has 2 rings (SSSR count). The van der Waals surface area contributed by atoms with E-state index in [1.54, 1.807) is 6.08 Å². The highest BCUT2D eigenvalue weighted by Crippen LogP contribution is 2.20. The Bertz CT molecular complexity index is 765. The van der Waals surface area contributed by atoms with Crippen molar-refractivity contribution in [2.45, 2.75) is 60.1 Å². The number of nitrogens with zero attached hydrogens (tertiary/aromatic N) is 3. The van der Waals surface area contributed by atoms with Crippen molar-refractivity contribution in [3.63, 3.8) is 0 Å². The monoisotopic (exact) mass is 400 g/mol. The van der Waals surface area contributed by atoms with Crippen LogP contribution < -0.4 is 5.32 Å². The van der Waals surface area contributed by atoms with Crippen molar-refractivity contribution in [2.24, 2.45) is 11.8 Å². The number of aromatic nitrogens is 1. The number of nitrogens with one attached hydrogen (secondary N) is 1. The summed E-state index contributed by atoms with van der Waals surface area (Å²) in [6.45, 7) is 14.2. The lowest BCUT2D eigenvalue weighted by molar-refractivity contribution is -0.117. The largest absolute Gasteiger partial charge is 0.390 e. The predicted molar refractivity (Wildman–Crippen MR) is 116 cm³/mol. The highest BCUT2D eigenvalue weighted by atomic mass is 16.3. The molecule has 1 unspecified atom stereocenters. The summed E-state index contributed by atoms with van der Waals surface area (Å²) in [5, 5.41) is 22.4. The third-order valence-corrected chi connectivity index (χ3v) is 5.67. The molecule has 0 aliphatic carbocycles. The molecule has 0 spiro atoms. The second-order valence-corrected chi connectivity index (χ2v) is 8.85. The Morgan fingerprint density at radius 2 is 2.00 bits per heavy atom. The summed E-state index contributed by atoms with van der Waals surface area (Å²) in [6, 6.07) is 4.01. The highest BCUT2D eigenvalue weighted by Gasteiger charge is 2.19. The topological polar surface area (TPSA) is 81.3 Å². The maximum Gasteiger partial charge on any atom is 0.262 e. The van der Waals surface area contributed by atoms with Crippen LogP contribution in [0.2, 0.25) is 0 Å². The Kier molecular flexibility index (Phi) is 8.48. The van der Waals surface area contributed by atoms with Crippen LogP contribution in [0.1, 0.15) is 50.6 Å². The third kappa shape index (κ3) is 6.73. The van der Waals surface area contributed by atoms with Gasteiger partial charge in [0.15, 0.2) is 0 Å². The van der Waals surface area contributed by atoms with Crippen LogP contribution in [0.15, 0.2) is 11.6 Å². The number of piperidine rings is 1. The summed E-state index contributed by atoms with van der Waals surface area (Å²) in [5.74, 6) is 0.821. The van der Waals surface area contributed by atoms with Crippen molar-refractivity contribution >= 4 is 12.0 Å². The zero-order valence-corrected chi connectivity index (χ0v) is 18.5. The first-order valence-corrected chi connectivity index (χ1v) is 10.7. The molecule has 2 N–H and O–H groups in total. The molecule has 6 heteroatoms. The van der Waals surface area contributed by atoms with Gasteiger partial charge in [-0.25, -0.2) is 0 Å². The number of hydrogen-bond donors (Lipinski definition) is 2. The molecule has 0 saturated carbocycles. The minimum Gasteiger partial charge on any atom is -0.390 e. The molecule has 1 aliphatic heterocycles. The van der Waals surface area contributed by atoms with Crippen molar-refractivity contribution in [3.8, 4) is 6.07 Å².